The zero-order chi connectivity index (χ0) is 18.8. The van der Waals surface area contributed by atoms with Crippen molar-refractivity contribution in [2.45, 2.75) is 57.9 Å². The second-order valence-electron chi connectivity index (χ2n) is 7.58. The lowest BCUT2D eigenvalue weighted by Crippen LogP contribution is -2.46. The van der Waals surface area contributed by atoms with Crippen molar-refractivity contribution in [1.29, 1.82) is 0 Å². The fourth-order valence-electron chi connectivity index (χ4n) is 1.81. The van der Waals surface area contributed by atoms with E-state index in [0.717, 1.165) is 6.08 Å². The van der Waals surface area contributed by atoms with Gasteiger partial charge in [-0.25, -0.2) is 13.2 Å². The molecule has 0 heterocycles. The summed E-state index contributed by atoms with van der Waals surface area (Å²) in [5.41, 5.74) is 0.449. The van der Waals surface area contributed by atoms with Gasteiger partial charge in [0.2, 0.25) is 0 Å². The van der Waals surface area contributed by atoms with Crippen molar-refractivity contribution >= 4 is 13.9 Å². The smallest absolute Gasteiger partial charge is 0.298 e. The van der Waals surface area contributed by atoms with Gasteiger partial charge >= 0.3 is 0 Å². The average Bonchev–Trinajstić information content (AvgIpc) is 2.44. The molecule has 1 aromatic rings. The summed E-state index contributed by atoms with van der Waals surface area (Å²) in [7, 11) is -2.35. The number of rotatable bonds is 6. The highest BCUT2D eigenvalue weighted by atomic mass is 28.4. The highest BCUT2D eigenvalue weighted by Crippen LogP contribution is 2.38. The predicted octanol–water partition coefficient (Wildman–Crippen LogP) is 5.25. The molecule has 0 spiro atoms. The Kier molecular flexibility index (Phi) is 6.47. The van der Waals surface area contributed by atoms with Crippen LogP contribution in [0.5, 0.6) is 0 Å². The first-order valence-corrected chi connectivity index (χ1v) is 10.8. The van der Waals surface area contributed by atoms with Gasteiger partial charge in [-0.3, -0.25) is 0 Å². The molecule has 0 fully saturated rings. The van der Waals surface area contributed by atoms with Crippen LogP contribution in [-0.2, 0) is 4.43 Å². The number of alkyl halides is 2. The maximum absolute atomic E-state index is 14.2. The zero-order valence-corrected chi connectivity index (χ0v) is 16.2. The highest BCUT2D eigenvalue weighted by molar-refractivity contribution is 6.74. The molecule has 1 rings (SSSR count). The topological polar surface area (TPSA) is 29.5 Å². The largest absolute Gasteiger partial charge is 0.411 e. The number of aliphatic hydroxyl groups is 1. The molecule has 24 heavy (non-hydrogen) atoms. The fourth-order valence-corrected chi connectivity index (χ4v) is 2.79. The molecule has 0 bridgehead atoms. The van der Waals surface area contributed by atoms with E-state index in [1.165, 1.54) is 25.1 Å². The predicted molar refractivity (Wildman–Crippen MR) is 94.2 cm³/mol. The Hall–Kier alpha value is -1.11. The van der Waals surface area contributed by atoms with E-state index in [9.17, 15) is 18.3 Å². The molecule has 0 saturated carbocycles. The minimum absolute atomic E-state index is 0.192. The minimum Gasteiger partial charge on any atom is -0.411 e. The number of hydrogen-bond acceptors (Lipinski definition) is 2. The lowest BCUT2D eigenvalue weighted by Gasteiger charge is -2.37. The van der Waals surface area contributed by atoms with E-state index in [0.29, 0.717) is 0 Å². The molecule has 0 aliphatic rings. The van der Waals surface area contributed by atoms with E-state index in [-0.39, 0.29) is 16.2 Å². The summed E-state index contributed by atoms with van der Waals surface area (Å²) >= 11 is 0. The van der Waals surface area contributed by atoms with Gasteiger partial charge in [-0.15, -0.1) is 0 Å². The van der Waals surface area contributed by atoms with Crippen LogP contribution in [0.2, 0.25) is 18.1 Å². The molecule has 0 unspecified atom stereocenters. The quantitative estimate of drug-likeness (QED) is 0.702. The van der Waals surface area contributed by atoms with E-state index in [1.807, 2.05) is 33.9 Å². The molecule has 6 heteroatoms. The molecule has 0 radical (unpaired) electrons. The Bertz CT molecular complexity index is 592. The molecule has 0 aromatic heterocycles. The van der Waals surface area contributed by atoms with E-state index in [4.69, 9.17) is 4.43 Å². The van der Waals surface area contributed by atoms with Crippen molar-refractivity contribution in [2.75, 3.05) is 6.61 Å². The summed E-state index contributed by atoms with van der Waals surface area (Å²) in [6.07, 6.45) is -1.06. The summed E-state index contributed by atoms with van der Waals surface area (Å²) in [5.74, 6) is -3.96. The minimum atomic E-state index is -3.44. The molecule has 1 aromatic carbocycles. The first-order chi connectivity index (χ1) is 10.8. The number of aliphatic hydroxyl groups excluding tert-OH is 1. The normalized spacial score (nSPS) is 15.5. The van der Waals surface area contributed by atoms with Crippen LogP contribution in [-0.4, -0.2) is 32.1 Å². The summed E-state index contributed by atoms with van der Waals surface area (Å²) in [6.45, 7) is 10.2. The second kappa shape index (κ2) is 7.41. The third kappa shape index (κ3) is 5.19. The van der Waals surface area contributed by atoms with E-state index >= 15 is 0 Å². The van der Waals surface area contributed by atoms with Crippen molar-refractivity contribution in [3.05, 3.63) is 41.7 Å². The Morgan fingerprint density at radius 1 is 1.25 bits per heavy atom. The standard InChI is InChI=1S/C18H27F3O2Si/c1-13(14-9-7-8-10-15(14)19)11-16(22)18(20,21)12-23-24(5,6)17(2,3)4/h7-11,16,22H,12H2,1-6H3/b13-11+/t16-/m0/s1. The Balaban J connectivity index is 2.87. The summed E-state index contributed by atoms with van der Waals surface area (Å²) in [5, 5.41) is 9.68. The van der Waals surface area contributed by atoms with Crippen LogP contribution in [0.15, 0.2) is 30.3 Å². The molecule has 0 aliphatic heterocycles. The maximum Gasteiger partial charge on any atom is 0.298 e. The molecule has 1 N–H and O–H groups in total. The van der Waals surface area contributed by atoms with E-state index in [1.54, 1.807) is 6.07 Å². The SMILES string of the molecule is C/C(=C\[C@H](O)C(F)(F)CO[Si](C)(C)C(C)(C)C)c1ccccc1F. The first kappa shape index (κ1) is 20.9. The van der Waals surface area contributed by atoms with Crippen molar-refractivity contribution in [3.63, 3.8) is 0 Å². The third-order valence-corrected chi connectivity index (χ3v) is 9.05. The van der Waals surface area contributed by atoms with Gasteiger partial charge in [-0.1, -0.05) is 39.0 Å². The lowest BCUT2D eigenvalue weighted by atomic mass is 10.0. The number of benzene rings is 1. The number of allylic oxidation sites excluding steroid dienone is 1. The molecular weight excluding hydrogens is 333 g/mol. The molecule has 1 atom stereocenters. The van der Waals surface area contributed by atoms with Crippen LogP contribution in [0, 0.1) is 5.82 Å². The van der Waals surface area contributed by atoms with E-state index in [2.05, 4.69) is 0 Å². The second-order valence-corrected chi connectivity index (χ2v) is 12.4. The highest BCUT2D eigenvalue weighted by Gasteiger charge is 2.43. The van der Waals surface area contributed by atoms with Crippen molar-refractivity contribution in [1.82, 2.24) is 0 Å². The van der Waals surface area contributed by atoms with Gasteiger partial charge in [0.25, 0.3) is 5.92 Å². The van der Waals surface area contributed by atoms with Crippen LogP contribution >= 0.6 is 0 Å². The van der Waals surface area contributed by atoms with Gasteiger partial charge < -0.3 is 9.53 Å². The lowest BCUT2D eigenvalue weighted by molar-refractivity contribution is -0.114. The fraction of sp³-hybridized carbons (Fsp3) is 0.556. The zero-order valence-electron chi connectivity index (χ0n) is 15.2. The maximum atomic E-state index is 14.2. The van der Waals surface area contributed by atoms with Gasteiger partial charge in [0.05, 0.1) is 0 Å². The van der Waals surface area contributed by atoms with Gasteiger partial charge in [-0.05, 0) is 42.8 Å². The van der Waals surface area contributed by atoms with Crippen LogP contribution in [0.1, 0.15) is 33.3 Å². The molecule has 0 aliphatic carbocycles. The van der Waals surface area contributed by atoms with Gasteiger partial charge in [-0.2, -0.15) is 0 Å². The van der Waals surface area contributed by atoms with E-state index < -0.39 is 32.8 Å². The molecule has 136 valence electrons. The Labute approximate surface area is 143 Å². The average molecular weight is 360 g/mol. The molecular formula is C18H27F3O2Si. The van der Waals surface area contributed by atoms with Crippen LogP contribution < -0.4 is 0 Å². The van der Waals surface area contributed by atoms with Crippen LogP contribution in [0.3, 0.4) is 0 Å². The van der Waals surface area contributed by atoms with Crippen LogP contribution in [0.4, 0.5) is 13.2 Å². The van der Waals surface area contributed by atoms with Crippen LogP contribution in [0.25, 0.3) is 5.57 Å². The van der Waals surface area contributed by atoms with Gasteiger partial charge in [0.1, 0.15) is 18.5 Å². The summed E-state index contributed by atoms with van der Waals surface area (Å²) in [6, 6.07) is 5.86. The first-order valence-electron chi connectivity index (χ1n) is 7.91. The van der Waals surface area contributed by atoms with Crippen molar-refractivity contribution in [2.24, 2.45) is 0 Å². The monoisotopic (exact) mass is 360 g/mol. The van der Waals surface area contributed by atoms with Gasteiger partial charge in [0.15, 0.2) is 8.32 Å². The number of hydrogen-bond donors (Lipinski definition) is 1. The van der Waals surface area contributed by atoms with Gasteiger partial charge in [0, 0.05) is 5.56 Å². The van der Waals surface area contributed by atoms with Crippen molar-refractivity contribution in [3.8, 4) is 0 Å². The molecule has 2 nitrogen and oxygen atoms in total. The van der Waals surface area contributed by atoms with Crippen molar-refractivity contribution < 1.29 is 22.7 Å². The Morgan fingerprint density at radius 3 is 2.29 bits per heavy atom. The third-order valence-electron chi connectivity index (χ3n) is 4.57. The Morgan fingerprint density at radius 2 is 1.79 bits per heavy atom. The summed E-state index contributed by atoms with van der Waals surface area (Å²) in [4.78, 5) is 0. The number of halogens is 3. The summed E-state index contributed by atoms with van der Waals surface area (Å²) < 4.78 is 47.7. The molecule has 0 amide bonds. The molecule has 0 saturated heterocycles.